The number of aromatic nitrogens is 12. The van der Waals surface area contributed by atoms with Crippen LogP contribution in [0, 0.1) is 13.8 Å². The Hall–Kier alpha value is -9.29. The van der Waals surface area contributed by atoms with Crippen LogP contribution in [0.1, 0.15) is 56.7 Å². The van der Waals surface area contributed by atoms with Crippen LogP contribution < -0.4 is 19.4 Å². The Kier molecular flexibility index (Phi) is 19.0. The average molecular weight is 1340 g/mol. The molecule has 0 bridgehead atoms. The highest BCUT2D eigenvalue weighted by atomic mass is 16.5. The van der Waals surface area contributed by atoms with Crippen molar-refractivity contribution >= 4 is 66.7 Å². The summed E-state index contributed by atoms with van der Waals surface area (Å²) in [4.78, 5) is 48.5. The highest BCUT2D eigenvalue weighted by Crippen LogP contribution is 2.37. The van der Waals surface area contributed by atoms with E-state index in [1.165, 1.54) is 83.6 Å². The zero-order valence-corrected chi connectivity index (χ0v) is 58.5. The molecule has 6 saturated heterocycles. The Morgan fingerprint density at radius 2 is 0.860 bits per heavy atom. The van der Waals surface area contributed by atoms with E-state index < -0.39 is 0 Å². The molecule has 516 valence electrons. The van der Waals surface area contributed by atoms with Crippen LogP contribution in [0.2, 0.25) is 0 Å². The maximum Gasteiger partial charge on any atom is 0.162 e. The van der Waals surface area contributed by atoms with Crippen molar-refractivity contribution in [3.05, 3.63) is 158 Å². The summed E-state index contributed by atoms with van der Waals surface area (Å²) in [6.45, 7) is 26.6. The summed E-state index contributed by atoms with van der Waals surface area (Å²) in [6, 6.07) is 29.0. The molecule has 6 fully saturated rings. The maximum absolute atomic E-state index is 5.73. The van der Waals surface area contributed by atoms with Gasteiger partial charge < -0.3 is 34.0 Å². The molecular weight excluding hydrogens is 1250 g/mol. The van der Waals surface area contributed by atoms with Crippen LogP contribution in [-0.4, -0.2) is 240 Å². The van der Waals surface area contributed by atoms with Gasteiger partial charge in [0.15, 0.2) is 16.9 Å². The first-order valence-electron chi connectivity index (χ1n) is 36.3. The lowest BCUT2D eigenvalue weighted by molar-refractivity contribution is 0.0321. The molecule has 0 unspecified atom stereocenters. The quantitative estimate of drug-likeness (QED) is 0.120. The summed E-state index contributed by atoms with van der Waals surface area (Å²) in [5.41, 5.74) is 17.6. The van der Waals surface area contributed by atoms with Gasteiger partial charge in [0.05, 0.1) is 96.0 Å². The number of likely N-dealkylation sites (N-methyl/N-ethyl adjacent to an activating group) is 2. The van der Waals surface area contributed by atoms with Crippen LogP contribution in [0.5, 0.6) is 5.75 Å². The summed E-state index contributed by atoms with van der Waals surface area (Å²) >= 11 is 0. The van der Waals surface area contributed by atoms with Crippen LogP contribution in [0.15, 0.2) is 147 Å². The molecule has 18 rings (SSSR count). The summed E-state index contributed by atoms with van der Waals surface area (Å²) in [5.74, 6) is 0.848. The second kappa shape index (κ2) is 29.1. The number of nitrogens with zero attached hydrogens (tertiary/aromatic N) is 20. The fraction of sp³-hybridized carbons (Fsp3) is 0.423. The van der Waals surface area contributed by atoms with Crippen molar-refractivity contribution in [3.63, 3.8) is 0 Å². The molecule has 9 aromatic heterocycles. The summed E-state index contributed by atoms with van der Waals surface area (Å²) in [6.07, 6.45) is 29.1. The van der Waals surface area contributed by atoms with Gasteiger partial charge in [-0.15, -0.1) is 0 Å². The number of fused-ring (bicyclic) bond motifs is 6. The summed E-state index contributed by atoms with van der Waals surface area (Å²) in [7, 11) is 4.45. The van der Waals surface area contributed by atoms with Crippen molar-refractivity contribution in [2.45, 2.75) is 77.4 Å². The Balaban J connectivity index is 0.000000117. The lowest BCUT2D eigenvalue weighted by Gasteiger charge is -2.42. The molecule has 0 radical (unpaired) electrons. The number of ether oxygens (including phenoxy) is 2. The molecule has 3 aromatic carbocycles. The standard InChI is InChI=1S/C27H33N7O.C26H31N7.C25H28N6O/c1-3-35-22-4-5-26-24(16-22)23(6-9-28-26)25-18-30-34-19-21(17-29-27(25)34)32-10-7-20(8-11-32)33-14-12-31(2)13-15-33;1-19-3-4-25-23(15-19)22(5-8-27-25)24-17-29-33-18-21(16-28-26(24)33)31-9-6-20(7-10-31)32-13-11-30(2)12-14-32;1-18-14-22(21-4-2-3-5-24(21)28-18)23-16-27-31-17-20(15-26-25(23)31)30-10-8-29(9-11-30)19-6-12-32-13-7-19/h4-6,9,16-20H,3,7-8,10-15H2,1-2H3;3-5,8,15-18,20H,6-7,9-14H2,1-2H3;2-5,14-17,19H,6-13H2,1H3. The van der Waals surface area contributed by atoms with Crippen molar-refractivity contribution in [3.8, 4) is 39.1 Å². The van der Waals surface area contributed by atoms with E-state index in [1.54, 1.807) is 0 Å². The zero-order valence-electron chi connectivity index (χ0n) is 58.5. The van der Waals surface area contributed by atoms with Gasteiger partial charge in [-0.05, 0) is 145 Å². The second-order valence-corrected chi connectivity index (χ2v) is 28.1. The number of para-hydroxylation sites is 1. The highest BCUT2D eigenvalue weighted by Gasteiger charge is 2.31. The number of anilines is 3. The fourth-order valence-electron chi connectivity index (χ4n) is 16.0. The lowest BCUT2D eigenvalue weighted by atomic mass is 10.0. The topological polar surface area (TPSA) is 174 Å². The van der Waals surface area contributed by atoms with E-state index in [1.807, 2.05) is 101 Å². The molecule has 6 aliphatic rings. The van der Waals surface area contributed by atoms with Gasteiger partial charge in [-0.2, -0.15) is 15.3 Å². The summed E-state index contributed by atoms with van der Waals surface area (Å²) in [5, 5.41) is 17.3. The van der Waals surface area contributed by atoms with E-state index in [2.05, 4.69) is 164 Å². The zero-order chi connectivity index (χ0) is 67.6. The van der Waals surface area contributed by atoms with E-state index >= 15 is 0 Å². The van der Waals surface area contributed by atoms with Gasteiger partial charge in [0.1, 0.15) is 5.75 Å². The third-order valence-corrected chi connectivity index (χ3v) is 21.8. The number of aryl methyl sites for hydroxylation is 2. The van der Waals surface area contributed by atoms with E-state index in [4.69, 9.17) is 24.4 Å². The van der Waals surface area contributed by atoms with Gasteiger partial charge >= 0.3 is 0 Å². The van der Waals surface area contributed by atoms with Crippen molar-refractivity contribution in [1.82, 2.24) is 83.2 Å². The molecular formula is C78H92N20O2. The van der Waals surface area contributed by atoms with Crippen molar-refractivity contribution in [2.24, 2.45) is 0 Å². The van der Waals surface area contributed by atoms with E-state index in [0.29, 0.717) is 24.7 Å². The summed E-state index contributed by atoms with van der Waals surface area (Å²) < 4.78 is 17.0. The highest BCUT2D eigenvalue weighted by molar-refractivity contribution is 6.00. The SMILES string of the molecule is CCOc1ccc2nccc(-c3cnn4cc(N5CCC(N6CCN(C)CC6)CC5)cnc34)c2c1.Cc1cc(-c2cnn3cc(N4CCN(C5CCOCC5)CC4)cnc23)c2ccccc2n1.Cc1ccc2nccc(-c3cnn4cc(N5CCC(N6CCN(C)CC6)CC5)cnc34)c2c1. The van der Waals surface area contributed by atoms with Crippen molar-refractivity contribution in [2.75, 3.05) is 153 Å². The van der Waals surface area contributed by atoms with Crippen molar-refractivity contribution in [1.29, 1.82) is 0 Å². The number of hydrogen-bond donors (Lipinski definition) is 0. The number of pyridine rings is 3. The Bertz CT molecular complexity index is 4810. The predicted molar refractivity (Wildman–Crippen MR) is 398 cm³/mol. The third kappa shape index (κ3) is 13.8. The molecule has 100 heavy (non-hydrogen) atoms. The van der Waals surface area contributed by atoms with Crippen LogP contribution in [-0.2, 0) is 4.74 Å². The first kappa shape index (κ1) is 65.3. The monoisotopic (exact) mass is 1340 g/mol. The van der Waals surface area contributed by atoms with Gasteiger partial charge in [-0.1, -0.05) is 29.8 Å². The smallest absolute Gasteiger partial charge is 0.162 e. The Morgan fingerprint density at radius 1 is 0.410 bits per heavy atom. The van der Waals surface area contributed by atoms with Crippen molar-refractivity contribution < 1.29 is 9.47 Å². The molecule has 0 spiro atoms. The normalized spacial score (nSPS) is 18.7. The molecule has 15 heterocycles. The lowest BCUT2D eigenvalue weighted by Crippen LogP contribution is -2.52. The van der Waals surface area contributed by atoms with Crippen LogP contribution in [0.4, 0.5) is 17.1 Å². The fourth-order valence-corrected chi connectivity index (χ4v) is 16.0. The molecule has 0 amide bonds. The number of benzene rings is 3. The van der Waals surface area contributed by atoms with E-state index in [9.17, 15) is 0 Å². The molecule has 22 heteroatoms. The second-order valence-electron chi connectivity index (χ2n) is 28.1. The molecule has 0 N–H and O–H groups in total. The third-order valence-electron chi connectivity index (χ3n) is 21.8. The predicted octanol–water partition coefficient (Wildman–Crippen LogP) is 10.6. The van der Waals surface area contributed by atoms with Crippen LogP contribution in [0.3, 0.4) is 0 Å². The molecule has 6 aliphatic heterocycles. The number of hydrogen-bond acceptors (Lipinski definition) is 19. The first-order valence-corrected chi connectivity index (χ1v) is 36.3. The number of piperidine rings is 2. The average Bonchev–Trinajstić information content (AvgIpc) is 1.43. The largest absolute Gasteiger partial charge is 0.494 e. The molecule has 12 aromatic rings. The number of piperazine rings is 3. The molecule has 0 saturated carbocycles. The first-order chi connectivity index (χ1) is 49.1. The van der Waals surface area contributed by atoms with Crippen LogP contribution >= 0.6 is 0 Å². The molecule has 0 atom stereocenters. The van der Waals surface area contributed by atoms with Crippen LogP contribution in [0.25, 0.3) is 83.0 Å². The van der Waals surface area contributed by atoms with E-state index in [-0.39, 0.29) is 0 Å². The van der Waals surface area contributed by atoms with Gasteiger partial charge in [-0.3, -0.25) is 29.7 Å². The van der Waals surface area contributed by atoms with Gasteiger partial charge in [0.2, 0.25) is 0 Å². The minimum Gasteiger partial charge on any atom is -0.494 e. The maximum atomic E-state index is 5.73. The molecule has 0 aliphatic carbocycles. The van der Waals surface area contributed by atoms with Gasteiger partial charge in [0, 0.05) is 187 Å². The Labute approximate surface area is 584 Å². The van der Waals surface area contributed by atoms with E-state index in [0.717, 1.165) is 190 Å². The minimum atomic E-state index is 0.634. The molecule has 22 nitrogen and oxygen atoms in total. The van der Waals surface area contributed by atoms with Gasteiger partial charge in [0.25, 0.3) is 0 Å². The Morgan fingerprint density at radius 3 is 1.37 bits per heavy atom. The number of rotatable bonds is 11. The van der Waals surface area contributed by atoms with Gasteiger partial charge in [-0.25, -0.2) is 28.5 Å². The minimum absolute atomic E-state index is 0.634.